The molecule has 3 rings (SSSR count). The Balaban J connectivity index is 1.50. The normalized spacial score (nSPS) is 27.2. The van der Waals surface area contributed by atoms with Gasteiger partial charge in [0.25, 0.3) is 0 Å². The van der Waals surface area contributed by atoms with Crippen molar-refractivity contribution in [1.29, 1.82) is 0 Å². The number of carbonyl (C=O) groups excluding carboxylic acids is 1. The molecule has 1 aliphatic heterocycles. The molecular weight excluding hydrogens is 308 g/mol. The molecule has 0 aromatic carbocycles. The fraction of sp³-hybridized carbons (Fsp3) is 0.765. The molecule has 2 aliphatic rings. The zero-order valence-electron chi connectivity index (χ0n) is 14.9. The van der Waals surface area contributed by atoms with E-state index in [0.29, 0.717) is 18.6 Å². The van der Waals surface area contributed by atoms with Crippen molar-refractivity contribution in [3.05, 3.63) is 18.0 Å². The summed E-state index contributed by atoms with van der Waals surface area (Å²) in [5, 5.41) is 4.26. The number of aromatic nitrogens is 2. The molecule has 1 unspecified atom stereocenters. The first-order chi connectivity index (χ1) is 11.5. The van der Waals surface area contributed by atoms with Crippen LogP contribution < -0.4 is 0 Å². The standard InChI is InChI=1S/C17H28N4O3/c1-19(2)17(22)12-23-11-13-6-15-16(7-13)24-5-4-21(15)10-14-8-18-20(3)9-14/h8-9,13,15-16H,4-7,10-12H2,1-3H3/t13?,15-,16-/m0/s1. The summed E-state index contributed by atoms with van der Waals surface area (Å²) >= 11 is 0. The van der Waals surface area contributed by atoms with Gasteiger partial charge in [-0.15, -0.1) is 0 Å². The summed E-state index contributed by atoms with van der Waals surface area (Å²) in [5.74, 6) is 0.476. The van der Waals surface area contributed by atoms with Crippen LogP contribution in [0.4, 0.5) is 0 Å². The van der Waals surface area contributed by atoms with Gasteiger partial charge < -0.3 is 14.4 Å². The molecular formula is C17H28N4O3. The molecule has 1 saturated heterocycles. The molecule has 0 N–H and O–H groups in total. The van der Waals surface area contributed by atoms with Crippen LogP contribution in [-0.4, -0.2) is 78.1 Å². The van der Waals surface area contributed by atoms with Crippen LogP contribution in [0, 0.1) is 5.92 Å². The van der Waals surface area contributed by atoms with Crippen LogP contribution in [0.25, 0.3) is 0 Å². The fourth-order valence-corrected chi connectivity index (χ4v) is 3.69. The zero-order chi connectivity index (χ0) is 17.1. The van der Waals surface area contributed by atoms with Crippen LogP contribution in [0.5, 0.6) is 0 Å². The third-order valence-corrected chi connectivity index (χ3v) is 4.97. The second kappa shape index (κ2) is 7.63. The second-order valence-corrected chi connectivity index (χ2v) is 7.11. The summed E-state index contributed by atoms with van der Waals surface area (Å²) in [6.45, 7) is 3.47. The predicted molar refractivity (Wildman–Crippen MR) is 89.4 cm³/mol. The SMILES string of the molecule is CN(C)C(=O)COCC1C[C@@H]2OCCN(Cc3cnn(C)c3)[C@H]2C1. The number of fused-ring (bicyclic) bond motifs is 1. The molecule has 1 aromatic rings. The van der Waals surface area contributed by atoms with E-state index in [9.17, 15) is 4.79 Å². The van der Waals surface area contributed by atoms with Crippen LogP contribution >= 0.6 is 0 Å². The molecule has 7 heteroatoms. The molecule has 0 radical (unpaired) electrons. The van der Waals surface area contributed by atoms with Gasteiger partial charge in [0.1, 0.15) is 6.61 Å². The Bertz CT molecular complexity index is 560. The number of amides is 1. The second-order valence-electron chi connectivity index (χ2n) is 7.11. The van der Waals surface area contributed by atoms with E-state index in [0.717, 1.165) is 32.5 Å². The van der Waals surface area contributed by atoms with Crippen molar-refractivity contribution in [2.45, 2.75) is 31.5 Å². The van der Waals surface area contributed by atoms with Crippen molar-refractivity contribution in [2.75, 3.05) is 40.5 Å². The molecule has 0 spiro atoms. The van der Waals surface area contributed by atoms with E-state index in [2.05, 4.69) is 16.2 Å². The molecule has 1 aromatic heterocycles. The number of nitrogens with zero attached hydrogens (tertiary/aromatic N) is 4. The Labute approximate surface area is 143 Å². The van der Waals surface area contributed by atoms with Gasteiger partial charge in [-0.2, -0.15) is 5.10 Å². The highest BCUT2D eigenvalue weighted by molar-refractivity contribution is 5.76. The summed E-state index contributed by atoms with van der Waals surface area (Å²) in [6.07, 6.45) is 6.39. The topological polar surface area (TPSA) is 59.8 Å². The van der Waals surface area contributed by atoms with Gasteiger partial charge in [-0.25, -0.2) is 0 Å². The molecule has 1 amide bonds. The molecule has 24 heavy (non-hydrogen) atoms. The summed E-state index contributed by atoms with van der Waals surface area (Å²) < 4.78 is 13.5. The van der Waals surface area contributed by atoms with Crippen LogP contribution in [-0.2, 0) is 27.9 Å². The average molecular weight is 336 g/mol. The van der Waals surface area contributed by atoms with Gasteiger partial charge in [-0.05, 0) is 18.8 Å². The largest absolute Gasteiger partial charge is 0.375 e. The van der Waals surface area contributed by atoms with E-state index < -0.39 is 0 Å². The quantitative estimate of drug-likeness (QED) is 0.757. The Morgan fingerprint density at radius 3 is 3.00 bits per heavy atom. The number of aryl methyl sites for hydroxylation is 1. The number of morpholine rings is 1. The summed E-state index contributed by atoms with van der Waals surface area (Å²) in [5.41, 5.74) is 1.24. The number of hydrogen-bond acceptors (Lipinski definition) is 5. The van der Waals surface area contributed by atoms with Gasteiger partial charge in [-0.3, -0.25) is 14.4 Å². The van der Waals surface area contributed by atoms with Crippen molar-refractivity contribution in [3.63, 3.8) is 0 Å². The first-order valence-electron chi connectivity index (χ1n) is 8.64. The van der Waals surface area contributed by atoms with Crippen molar-refractivity contribution in [2.24, 2.45) is 13.0 Å². The Morgan fingerprint density at radius 2 is 2.29 bits per heavy atom. The molecule has 1 saturated carbocycles. The Hall–Kier alpha value is -1.44. The maximum absolute atomic E-state index is 11.6. The molecule has 134 valence electrons. The van der Waals surface area contributed by atoms with Crippen molar-refractivity contribution < 1.29 is 14.3 Å². The van der Waals surface area contributed by atoms with Gasteiger partial charge in [0.2, 0.25) is 5.91 Å². The maximum atomic E-state index is 11.6. The smallest absolute Gasteiger partial charge is 0.248 e. The van der Waals surface area contributed by atoms with E-state index in [1.54, 1.807) is 19.0 Å². The lowest BCUT2D eigenvalue weighted by molar-refractivity contribution is -0.134. The van der Waals surface area contributed by atoms with E-state index in [1.165, 1.54) is 5.56 Å². The van der Waals surface area contributed by atoms with Gasteiger partial charge in [0.05, 0.1) is 25.5 Å². The van der Waals surface area contributed by atoms with Crippen LogP contribution in [0.3, 0.4) is 0 Å². The zero-order valence-corrected chi connectivity index (χ0v) is 14.9. The molecule has 7 nitrogen and oxygen atoms in total. The third kappa shape index (κ3) is 4.15. The number of likely N-dealkylation sites (N-methyl/N-ethyl adjacent to an activating group) is 1. The van der Waals surface area contributed by atoms with Crippen molar-refractivity contribution >= 4 is 5.91 Å². The molecule has 2 heterocycles. The van der Waals surface area contributed by atoms with Gasteiger partial charge >= 0.3 is 0 Å². The van der Waals surface area contributed by atoms with Crippen molar-refractivity contribution in [1.82, 2.24) is 19.6 Å². The summed E-state index contributed by atoms with van der Waals surface area (Å²) in [7, 11) is 5.45. The van der Waals surface area contributed by atoms with Crippen LogP contribution in [0.15, 0.2) is 12.4 Å². The van der Waals surface area contributed by atoms with E-state index in [-0.39, 0.29) is 18.6 Å². The van der Waals surface area contributed by atoms with Gasteiger partial charge in [0.15, 0.2) is 0 Å². The van der Waals surface area contributed by atoms with Crippen LogP contribution in [0.1, 0.15) is 18.4 Å². The van der Waals surface area contributed by atoms with Crippen LogP contribution in [0.2, 0.25) is 0 Å². The number of carbonyl (C=O) groups is 1. The number of hydrogen-bond donors (Lipinski definition) is 0. The monoisotopic (exact) mass is 336 g/mol. The molecule has 0 bridgehead atoms. The lowest BCUT2D eigenvalue weighted by Crippen LogP contribution is -2.47. The van der Waals surface area contributed by atoms with E-state index in [4.69, 9.17) is 9.47 Å². The first-order valence-corrected chi connectivity index (χ1v) is 8.64. The van der Waals surface area contributed by atoms with E-state index >= 15 is 0 Å². The lowest BCUT2D eigenvalue weighted by Gasteiger charge is -2.37. The minimum Gasteiger partial charge on any atom is -0.375 e. The Kier molecular flexibility index (Phi) is 5.53. The highest BCUT2D eigenvalue weighted by Crippen LogP contribution is 2.35. The predicted octanol–water partition coefficient (Wildman–Crippen LogP) is 0.504. The highest BCUT2D eigenvalue weighted by Gasteiger charge is 2.41. The fourth-order valence-electron chi connectivity index (χ4n) is 3.69. The maximum Gasteiger partial charge on any atom is 0.248 e. The number of ether oxygens (including phenoxy) is 2. The summed E-state index contributed by atoms with van der Waals surface area (Å²) in [6, 6.07) is 0.442. The minimum absolute atomic E-state index is 0.0138. The molecule has 3 atom stereocenters. The Morgan fingerprint density at radius 1 is 1.46 bits per heavy atom. The average Bonchev–Trinajstić information content (AvgIpc) is 3.13. The van der Waals surface area contributed by atoms with Crippen molar-refractivity contribution in [3.8, 4) is 0 Å². The lowest BCUT2D eigenvalue weighted by atomic mass is 10.1. The molecule has 1 aliphatic carbocycles. The molecule has 2 fully saturated rings. The first kappa shape index (κ1) is 17.4. The summed E-state index contributed by atoms with van der Waals surface area (Å²) in [4.78, 5) is 15.7. The highest BCUT2D eigenvalue weighted by atomic mass is 16.5. The number of rotatable bonds is 6. The third-order valence-electron chi connectivity index (χ3n) is 4.97. The van der Waals surface area contributed by atoms with E-state index in [1.807, 2.05) is 17.9 Å². The van der Waals surface area contributed by atoms with Gasteiger partial charge in [-0.1, -0.05) is 0 Å². The minimum atomic E-state index is 0.0138. The van der Waals surface area contributed by atoms with Gasteiger partial charge in [0, 0.05) is 52.0 Å².